The van der Waals surface area contributed by atoms with Crippen LogP contribution in [0.25, 0.3) is 11.3 Å². The molecule has 1 amide bonds. The average molecular weight is 362 g/mol. The van der Waals surface area contributed by atoms with Gasteiger partial charge < -0.3 is 10.6 Å². The fourth-order valence-electron chi connectivity index (χ4n) is 2.56. The summed E-state index contributed by atoms with van der Waals surface area (Å²) >= 11 is 1.41. The smallest absolute Gasteiger partial charge is 0.245 e. The van der Waals surface area contributed by atoms with Crippen LogP contribution in [0, 0.1) is 25.2 Å². The molecule has 2 N–H and O–H groups in total. The van der Waals surface area contributed by atoms with Crippen molar-refractivity contribution in [3.05, 3.63) is 64.5 Å². The van der Waals surface area contributed by atoms with E-state index in [-0.39, 0.29) is 12.5 Å². The first kappa shape index (κ1) is 17.6. The van der Waals surface area contributed by atoms with Crippen LogP contribution in [0.5, 0.6) is 0 Å². The van der Waals surface area contributed by atoms with E-state index < -0.39 is 0 Å². The Hall–Kier alpha value is -3.17. The quantitative estimate of drug-likeness (QED) is 0.707. The van der Waals surface area contributed by atoms with E-state index >= 15 is 0 Å². The average Bonchev–Trinajstić information content (AvgIpc) is 3.08. The molecule has 3 rings (SSSR count). The number of anilines is 2. The highest BCUT2D eigenvalue weighted by molar-refractivity contribution is 7.14. The van der Waals surface area contributed by atoms with E-state index in [1.165, 1.54) is 16.9 Å². The van der Waals surface area contributed by atoms with Crippen molar-refractivity contribution in [1.29, 1.82) is 5.26 Å². The number of nitrogens with zero attached hydrogens (tertiary/aromatic N) is 2. The molecule has 0 unspecified atom stereocenters. The fourth-order valence-corrected chi connectivity index (χ4v) is 3.29. The van der Waals surface area contributed by atoms with Gasteiger partial charge in [0.1, 0.15) is 0 Å². The van der Waals surface area contributed by atoms with Gasteiger partial charge in [-0.25, -0.2) is 4.98 Å². The van der Waals surface area contributed by atoms with Crippen molar-refractivity contribution in [3.8, 4) is 17.3 Å². The molecule has 0 bridgehead atoms. The van der Waals surface area contributed by atoms with Crippen LogP contribution in [-0.4, -0.2) is 17.4 Å². The summed E-state index contributed by atoms with van der Waals surface area (Å²) < 4.78 is 0. The van der Waals surface area contributed by atoms with Crippen molar-refractivity contribution >= 4 is 28.1 Å². The summed E-state index contributed by atoms with van der Waals surface area (Å²) in [5, 5.41) is 17.1. The van der Waals surface area contributed by atoms with Gasteiger partial charge in [0.05, 0.1) is 23.9 Å². The van der Waals surface area contributed by atoms with E-state index in [9.17, 15) is 4.79 Å². The summed E-state index contributed by atoms with van der Waals surface area (Å²) in [5.41, 5.74) is 5.68. The lowest BCUT2D eigenvalue weighted by Crippen LogP contribution is -2.21. The summed E-state index contributed by atoms with van der Waals surface area (Å²) in [6.07, 6.45) is 0. The lowest BCUT2D eigenvalue weighted by molar-refractivity contribution is -0.114. The Morgan fingerprint density at radius 2 is 1.96 bits per heavy atom. The molecule has 26 heavy (non-hydrogen) atoms. The number of carbonyl (C=O) groups is 1. The molecular weight excluding hydrogens is 344 g/mol. The predicted octanol–water partition coefficient (Wildman–Crippen LogP) is 4.35. The minimum absolute atomic E-state index is 0.129. The van der Waals surface area contributed by atoms with Crippen molar-refractivity contribution < 1.29 is 4.79 Å². The van der Waals surface area contributed by atoms with Gasteiger partial charge in [0.2, 0.25) is 5.91 Å². The van der Waals surface area contributed by atoms with Gasteiger partial charge in [-0.1, -0.05) is 23.8 Å². The molecule has 3 aromatic rings. The summed E-state index contributed by atoms with van der Waals surface area (Å²) in [6.45, 7) is 4.25. The maximum atomic E-state index is 12.1. The number of carbonyl (C=O) groups excluding carboxylic acids is 1. The molecule has 1 heterocycles. The topological polar surface area (TPSA) is 77.8 Å². The number of hydrogen-bond acceptors (Lipinski definition) is 5. The first-order valence-corrected chi connectivity index (χ1v) is 9.00. The van der Waals surface area contributed by atoms with E-state index in [0.29, 0.717) is 10.7 Å². The van der Waals surface area contributed by atoms with Crippen LogP contribution in [0.2, 0.25) is 0 Å². The van der Waals surface area contributed by atoms with Crippen LogP contribution in [0.3, 0.4) is 0 Å². The number of nitriles is 1. The van der Waals surface area contributed by atoms with Gasteiger partial charge in [-0.2, -0.15) is 5.26 Å². The Morgan fingerprint density at radius 3 is 2.65 bits per heavy atom. The minimum atomic E-state index is -0.170. The Balaban J connectivity index is 1.59. The zero-order chi connectivity index (χ0) is 18.5. The zero-order valence-corrected chi connectivity index (χ0v) is 15.4. The van der Waals surface area contributed by atoms with Crippen LogP contribution in [0.4, 0.5) is 10.8 Å². The van der Waals surface area contributed by atoms with Crippen molar-refractivity contribution in [2.75, 3.05) is 17.2 Å². The van der Waals surface area contributed by atoms with Gasteiger partial charge >= 0.3 is 0 Å². The van der Waals surface area contributed by atoms with Crippen molar-refractivity contribution in [3.63, 3.8) is 0 Å². The first-order valence-electron chi connectivity index (χ1n) is 8.12. The van der Waals surface area contributed by atoms with Crippen LogP contribution in [-0.2, 0) is 4.79 Å². The third kappa shape index (κ3) is 4.26. The molecule has 0 saturated heterocycles. The Labute approximate surface area is 156 Å². The summed E-state index contributed by atoms with van der Waals surface area (Å²) in [5.74, 6) is -0.170. The van der Waals surface area contributed by atoms with E-state index in [2.05, 4.69) is 53.7 Å². The van der Waals surface area contributed by atoms with Crippen molar-refractivity contribution in [2.45, 2.75) is 13.8 Å². The minimum Gasteiger partial charge on any atom is -0.376 e. The molecule has 6 heteroatoms. The molecule has 0 radical (unpaired) electrons. The maximum absolute atomic E-state index is 12.1. The highest BCUT2D eigenvalue weighted by atomic mass is 32.1. The summed E-state index contributed by atoms with van der Waals surface area (Å²) in [4.78, 5) is 16.6. The Bertz CT molecular complexity index is 970. The third-order valence-electron chi connectivity index (χ3n) is 3.88. The SMILES string of the molecule is Cc1ccc(-c2csc(NC(=O)CNc3ccc(C#N)cc3)n2)c(C)c1. The number of benzene rings is 2. The molecular formula is C20H18N4OS. The Morgan fingerprint density at radius 1 is 1.19 bits per heavy atom. The molecule has 130 valence electrons. The van der Waals surface area contributed by atoms with E-state index in [4.69, 9.17) is 5.26 Å². The van der Waals surface area contributed by atoms with Crippen LogP contribution in [0.15, 0.2) is 47.8 Å². The molecule has 0 atom stereocenters. The van der Waals surface area contributed by atoms with E-state index in [0.717, 1.165) is 22.5 Å². The summed E-state index contributed by atoms with van der Waals surface area (Å²) in [6, 6.07) is 15.2. The maximum Gasteiger partial charge on any atom is 0.245 e. The molecule has 0 fully saturated rings. The standard InChI is InChI=1S/C20H18N4OS/c1-13-3-8-17(14(2)9-13)18-12-26-20(23-18)24-19(25)11-22-16-6-4-15(10-21)5-7-16/h3-9,12,22H,11H2,1-2H3,(H,23,24,25). The van der Waals surface area contributed by atoms with Gasteiger partial charge in [0.15, 0.2) is 5.13 Å². The predicted molar refractivity (Wildman–Crippen MR) is 105 cm³/mol. The Kier molecular flexibility index (Phi) is 5.30. The number of nitrogens with one attached hydrogen (secondary N) is 2. The molecule has 5 nitrogen and oxygen atoms in total. The van der Waals surface area contributed by atoms with Gasteiger partial charge in [-0.15, -0.1) is 11.3 Å². The van der Waals surface area contributed by atoms with Gasteiger partial charge in [0, 0.05) is 16.6 Å². The van der Waals surface area contributed by atoms with Crippen LogP contribution < -0.4 is 10.6 Å². The summed E-state index contributed by atoms with van der Waals surface area (Å²) in [7, 11) is 0. The van der Waals surface area contributed by atoms with Crippen LogP contribution >= 0.6 is 11.3 Å². The molecule has 0 aliphatic heterocycles. The molecule has 0 aliphatic carbocycles. The van der Waals surface area contributed by atoms with E-state index in [1.807, 2.05) is 5.38 Å². The number of aryl methyl sites for hydroxylation is 2. The number of amides is 1. The van der Waals surface area contributed by atoms with E-state index in [1.54, 1.807) is 24.3 Å². The normalized spacial score (nSPS) is 10.2. The first-order chi connectivity index (χ1) is 12.5. The second-order valence-corrected chi connectivity index (χ2v) is 6.81. The molecule has 0 saturated carbocycles. The highest BCUT2D eigenvalue weighted by Gasteiger charge is 2.10. The van der Waals surface area contributed by atoms with Gasteiger partial charge in [-0.3, -0.25) is 4.79 Å². The van der Waals surface area contributed by atoms with Crippen molar-refractivity contribution in [2.24, 2.45) is 0 Å². The molecule has 0 aliphatic rings. The lowest BCUT2D eigenvalue weighted by Gasteiger charge is -2.06. The fraction of sp³-hybridized carbons (Fsp3) is 0.150. The number of thiazole rings is 1. The molecule has 1 aromatic heterocycles. The zero-order valence-electron chi connectivity index (χ0n) is 14.5. The number of aromatic nitrogens is 1. The van der Waals surface area contributed by atoms with Crippen molar-refractivity contribution in [1.82, 2.24) is 4.98 Å². The van der Waals surface area contributed by atoms with Crippen LogP contribution in [0.1, 0.15) is 16.7 Å². The number of hydrogen-bond donors (Lipinski definition) is 2. The monoisotopic (exact) mass is 362 g/mol. The largest absolute Gasteiger partial charge is 0.376 e. The lowest BCUT2D eigenvalue weighted by atomic mass is 10.0. The second kappa shape index (κ2) is 7.81. The van der Waals surface area contributed by atoms with Gasteiger partial charge in [0.25, 0.3) is 0 Å². The highest BCUT2D eigenvalue weighted by Crippen LogP contribution is 2.27. The number of rotatable bonds is 5. The third-order valence-corrected chi connectivity index (χ3v) is 4.63. The van der Waals surface area contributed by atoms with Gasteiger partial charge in [-0.05, 0) is 43.7 Å². The second-order valence-electron chi connectivity index (χ2n) is 5.95. The molecule has 0 spiro atoms. The molecule has 2 aromatic carbocycles.